The van der Waals surface area contributed by atoms with Crippen LogP contribution in [0.3, 0.4) is 0 Å². The Morgan fingerprint density at radius 2 is 1.53 bits per heavy atom. The molecule has 3 aromatic carbocycles. The van der Waals surface area contributed by atoms with Gasteiger partial charge in [0.25, 0.3) is 14.2 Å². The van der Waals surface area contributed by atoms with E-state index in [1.807, 2.05) is 56.3 Å². The predicted molar refractivity (Wildman–Crippen MR) is 187 cm³/mol. The Bertz CT molecular complexity index is 1970. The summed E-state index contributed by atoms with van der Waals surface area (Å²) >= 11 is 0. The van der Waals surface area contributed by atoms with Gasteiger partial charge in [0.15, 0.2) is 11.6 Å². The van der Waals surface area contributed by atoms with Gasteiger partial charge in [-0.1, -0.05) is 99.6 Å². The Kier molecular flexibility index (Phi) is 8.25. The highest BCUT2D eigenvalue weighted by atomic mass is 28.4. The van der Waals surface area contributed by atoms with Gasteiger partial charge in [-0.25, -0.2) is 9.50 Å². The standard InChI is InChI=1S/C38H39N5O5Si/c1-36(2,3)49(27-17-11-7-12-18-27,28-19-13-8-14-20-28)45-23-30-32-33(48-37(4,5)47-32)38(24-39,46-30)31-22-21-29-34(40-25-41-43(29)31)42-35(44)26-15-9-6-10-16-26/h6-22,25,30,32-33H,23H2,1-5H3,(H,40,41,42,44)/t30?,32-,33-,38+/m1/s1. The van der Waals surface area contributed by atoms with Crippen molar-refractivity contribution < 1.29 is 23.4 Å². The van der Waals surface area contributed by atoms with Crippen LogP contribution < -0.4 is 15.7 Å². The van der Waals surface area contributed by atoms with Crippen LogP contribution in [0.2, 0.25) is 5.04 Å². The maximum Gasteiger partial charge on any atom is 0.261 e. The molecule has 7 rings (SSSR count). The van der Waals surface area contributed by atoms with Crippen LogP contribution in [0.1, 0.15) is 50.7 Å². The van der Waals surface area contributed by atoms with Crippen molar-refractivity contribution in [2.45, 2.75) is 69.4 Å². The van der Waals surface area contributed by atoms with Gasteiger partial charge in [-0.15, -0.1) is 0 Å². The predicted octanol–water partition coefficient (Wildman–Crippen LogP) is 5.20. The van der Waals surface area contributed by atoms with Gasteiger partial charge in [0.1, 0.15) is 36.2 Å². The van der Waals surface area contributed by atoms with Crippen LogP contribution in [-0.2, 0) is 24.2 Å². The molecule has 5 aromatic rings. The molecule has 250 valence electrons. The fraction of sp³-hybridized carbons (Fsp3) is 0.316. The van der Waals surface area contributed by atoms with Gasteiger partial charge in [0.05, 0.1) is 12.3 Å². The second-order valence-corrected chi connectivity index (χ2v) is 18.2. The van der Waals surface area contributed by atoms with Crippen molar-refractivity contribution in [3.05, 3.63) is 121 Å². The molecule has 11 heteroatoms. The van der Waals surface area contributed by atoms with Crippen molar-refractivity contribution in [1.29, 1.82) is 5.26 Å². The van der Waals surface area contributed by atoms with Gasteiger partial charge in [0.2, 0.25) is 5.60 Å². The summed E-state index contributed by atoms with van der Waals surface area (Å²) in [6, 6.07) is 35.6. The van der Waals surface area contributed by atoms with Crippen LogP contribution in [0.25, 0.3) is 5.52 Å². The Morgan fingerprint density at radius 3 is 2.12 bits per heavy atom. The molecule has 0 spiro atoms. The lowest BCUT2D eigenvalue weighted by Gasteiger charge is -2.43. The number of ether oxygens (including phenoxy) is 3. The van der Waals surface area contributed by atoms with E-state index in [-0.39, 0.29) is 17.6 Å². The summed E-state index contributed by atoms with van der Waals surface area (Å²) in [5.41, 5.74) is -0.183. The summed E-state index contributed by atoms with van der Waals surface area (Å²) in [6.45, 7) is 10.5. The molecule has 0 bridgehead atoms. The van der Waals surface area contributed by atoms with Crippen molar-refractivity contribution in [1.82, 2.24) is 14.6 Å². The number of amides is 1. The van der Waals surface area contributed by atoms with Crippen molar-refractivity contribution in [2.24, 2.45) is 0 Å². The van der Waals surface area contributed by atoms with E-state index in [0.717, 1.165) is 10.4 Å². The van der Waals surface area contributed by atoms with Crippen molar-refractivity contribution in [3.8, 4) is 6.07 Å². The maximum atomic E-state index is 13.0. The third-order valence-electron chi connectivity index (χ3n) is 9.38. The molecular formula is C38H39N5O5Si. The van der Waals surface area contributed by atoms with E-state index in [2.05, 4.69) is 66.5 Å². The Morgan fingerprint density at radius 1 is 0.918 bits per heavy atom. The zero-order valence-electron chi connectivity index (χ0n) is 28.2. The molecule has 1 unspecified atom stereocenters. The van der Waals surface area contributed by atoms with Crippen LogP contribution in [0.4, 0.5) is 5.82 Å². The molecule has 2 fully saturated rings. The average molecular weight is 674 g/mol. The Balaban J connectivity index is 1.27. The van der Waals surface area contributed by atoms with Gasteiger partial charge >= 0.3 is 0 Å². The van der Waals surface area contributed by atoms with E-state index in [4.69, 9.17) is 18.6 Å². The van der Waals surface area contributed by atoms with Crippen LogP contribution in [0.5, 0.6) is 0 Å². The van der Waals surface area contributed by atoms with Crippen molar-refractivity contribution in [3.63, 3.8) is 0 Å². The first-order valence-electron chi connectivity index (χ1n) is 16.4. The van der Waals surface area contributed by atoms with Gasteiger partial charge in [-0.2, -0.15) is 10.4 Å². The third kappa shape index (κ3) is 5.55. The number of nitrogens with zero attached hydrogens (tertiary/aromatic N) is 4. The minimum absolute atomic E-state index is 0.161. The molecule has 2 aromatic heterocycles. The minimum Gasteiger partial charge on any atom is -0.405 e. The van der Waals surface area contributed by atoms with Crippen LogP contribution >= 0.6 is 0 Å². The normalized spacial score (nSPS) is 23.2. The second-order valence-electron chi connectivity index (χ2n) is 13.9. The largest absolute Gasteiger partial charge is 0.405 e. The van der Waals surface area contributed by atoms with E-state index in [0.29, 0.717) is 22.6 Å². The Labute approximate surface area is 286 Å². The quantitative estimate of drug-likeness (QED) is 0.224. The van der Waals surface area contributed by atoms with E-state index in [1.165, 1.54) is 6.33 Å². The van der Waals surface area contributed by atoms with Gasteiger partial charge < -0.3 is 24.0 Å². The summed E-state index contributed by atoms with van der Waals surface area (Å²) in [5, 5.41) is 20.4. The summed E-state index contributed by atoms with van der Waals surface area (Å²) in [4.78, 5) is 17.4. The number of rotatable bonds is 8. The van der Waals surface area contributed by atoms with Crippen LogP contribution in [0.15, 0.2) is 109 Å². The number of nitriles is 1. The molecule has 0 saturated carbocycles. The molecule has 2 saturated heterocycles. The van der Waals surface area contributed by atoms with E-state index in [1.54, 1.807) is 40.9 Å². The van der Waals surface area contributed by atoms with E-state index < -0.39 is 38.0 Å². The number of carbonyl (C=O) groups is 1. The smallest absolute Gasteiger partial charge is 0.261 e. The van der Waals surface area contributed by atoms with E-state index >= 15 is 0 Å². The average Bonchev–Trinajstić information content (AvgIpc) is 3.76. The third-order valence-corrected chi connectivity index (χ3v) is 14.4. The monoisotopic (exact) mass is 673 g/mol. The van der Waals surface area contributed by atoms with Crippen molar-refractivity contribution in [2.75, 3.05) is 11.9 Å². The highest BCUT2D eigenvalue weighted by molar-refractivity contribution is 6.99. The molecule has 2 aliphatic rings. The molecule has 1 N–H and O–H groups in total. The first-order chi connectivity index (χ1) is 23.5. The van der Waals surface area contributed by atoms with Crippen LogP contribution in [0, 0.1) is 11.3 Å². The lowest BCUT2D eigenvalue weighted by Crippen LogP contribution is -2.67. The number of carbonyl (C=O) groups excluding carboxylic acids is 1. The number of anilines is 1. The molecule has 0 aliphatic carbocycles. The fourth-order valence-corrected chi connectivity index (χ4v) is 11.8. The summed E-state index contributed by atoms with van der Waals surface area (Å²) < 4.78 is 28.6. The molecule has 49 heavy (non-hydrogen) atoms. The number of nitrogens with one attached hydrogen (secondary N) is 1. The number of benzene rings is 3. The van der Waals surface area contributed by atoms with Gasteiger partial charge in [-0.3, -0.25) is 4.79 Å². The second kappa shape index (κ2) is 12.3. The Hall–Kier alpha value is -4.70. The summed E-state index contributed by atoms with van der Waals surface area (Å²) in [7, 11) is -2.94. The van der Waals surface area contributed by atoms with Crippen LogP contribution in [-0.4, -0.2) is 59.5 Å². The fourth-order valence-electron chi connectivity index (χ4n) is 7.28. The highest BCUT2D eigenvalue weighted by Crippen LogP contribution is 2.50. The molecule has 4 atom stereocenters. The van der Waals surface area contributed by atoms with Gasteiger partial charge in [-0.05, 0) is 53.5 Å². The zero-order chi connectivity index (χ0) is 34.4. The molecule has 10 nitrogen and oxygen atoms in total. The topological polar surface area (TPSA) is 120 Å². The lowest BCUT2D eigenvalue weighted by molar-refractivity contribution is -0.204. The van der Waals surface area contributed by atoms with E-state index in [9.17, 15) is 10.1 Å². The molecular weight excluding hydrogens is 635 g/mol. The van der Waals surface area contributed by atoms with Crippen molar-refractivity contribution >= 4 is 35.9 Å². The minimum atomic E-state index is -2.94. The zero-order valence-corrected chi connectivity index (χ0v) is 29.2. The summed E-state index contributed by atoms with van der Waals surface area (Å²) in [6.07, 6.45) is -0.723. The highest BCUT2D eigenvalue weighted by Gasteiger charge is 2.66. The molecule has 1 amide bonds. The molecule has 0 radical (unpaired) electrons. The van der Waals surface area contributed by atoms with Gasteiger partial charge in [0, 0.05) is 5.56 Å². The first-order valence-corrected chi connectivity index (χ1v) is 18.3. The first kappa shape index (κ1) is 32.8. The number of aromatic nitrogens is 3. The number of hydrogen-bond donors (Lipinski definition) is 1. The number of fused-ring (bicyclic) bond motifs is 2. The number of hydrogen-bond acceptors (Lipinski definition) is 8. The summed E-state index contributed by atoms with van der Waals surface area (Å²) in [5.74, 6) is -0.993. The molecule has 4 heterocycles. The SMILES string of the molecule is CC1(C)O[C@@H]2C(CO[Si](c3ccccc3)(c3ccccc3)C(C)(C)C)O[C@@](C#N)(c3ccc4c(NC(=O)c5ccccc5)ncnn34)[C@@H]2O1. The maximum absolute atomic E-state index is 13.0. The lowest BCUT2D eigenvalue weighted by atomic mass is 9.92. The molecule has 2 aliphatic heterocycles.